The summed E-state index contributed by atoms with van der Waals surface area (Å²) in [6.07, 6.45) is -1.60. The van der Waals surface area contributed by atoms with E-state index in [0.29, 0.717) is 31.9 Å². The van der Waals surface area contributed by atoms with Crippen LogP contribution in [0.1, 0.15) is 21.7 Å². The van der Waals surface area contributed by atoms with Gasteiger partial charge in [-0.15, -0.1) is 0 Å². The first-order valence-corrected chi connectivity index (χ1v) is 9.00. The Kier molecular flexibility index (Phi) is 6.12. The number of amides is 2. The van der Waals surface area contributed by atoms with E-state index in [1.165, 1.54) is 30.6 Å². The summed E-state index contributed by atoms with van der Waals surface area (Å²) in [6, 6.07) is 4.85. The molecular weight excluding hydrogens is 387 g/mol. The molecule has 7 nitrogen and oxygen atoms in total. The number of carbonyl (C=O) groups is 2. The Morgan fingerprint density at radius 2 is 1.76 bits per heavy atom. The van der Waals surface area contributed by atoms with Crippen molar-refractivity contribution in [2.45, 2.75) is 13.1 Å². The maximum atomic E-state index is 13.0. The van der Waals surface area contributed by atoms with E-state index in [1.54, 1.807) is 16.7 Å². The highest BCUT2D eigenvalue weighted by Crippen LogP contribution is 2.34. The monoisotopic (exact) mass is 407 g/mol. The molecule has 154 valence electrons. The van der Waals surface area contributed by atoms with Gasteiger partial charge in [0, 0.05) is 32.4 Å². The van der Waals surface area contributed by atoms with Crippen molar-refractivity contribution < 1.29 is 22.8 Å². The Bertz CT molecular complexity index is 878. The molecule has 0 atom stereocenters. The zero-order chi connectivity index (χ0) is 21.0. The second-order valence-electron chi connectivity index (χ2n) is 6.70. The minimum absolute atomic E-state index is 0.0570. The van der Waals surface area contributed by atoms with Crippen LogP contribution < -0.4 is 5.32 Å². The fourth-order valence-electron chi connectivity index (χ4n) is 3.01. The van der Waals surface area contributed by atoms with Gasteiger partial charge >= 0.3 is 6.18 Å². The summed E-state index contributed by atoms with van der Waals surface area (Å²) in [5.41, 5.74) is -0.185. The highest BCUT2D eigenvalue weighted by molar-refractivity contribution is 5.93. The average Bonchev–Trinajstić information content (AvgIpc) is 2.68. The molecule has 29 heavy (non-hydrogen) atoms. The van der Waals surface area contributed by atoms with Gasteiger partial charge < -0.3 is 10.2 Å². The first-order chi connectivity index (χ1) is 13.7. The van der Waals surface area contributed by atoms with Crippen LogP contribution in [-0.4, -0.2) is 64.3 Å². The number of piperazine rings is 1. The van der Waals surface area contributed by atoms with Crippen molar-refractivity contribution >= 4 is 17.5 Å². The molecule has 1 aromatic heterocycles. The van der Waals surface area contributed by atoms with E-state index >= 15 is 0 Å². The lowest BCUT2D eigenvalue weighted by Gasteiger charge is -2.34. The quantitative estimate of drug-likeness (QED) is 0.841. The molecule has 1 aliphatic rings. The number of aryl methyl sites for hydroxylation is 1. The summed E-state index contributed by atoms with van der Waals surface area (Å²) in [4.78, 5) is 36.2. The third kappa shape index (κ3) is 5.29. The van der Waals surface area contributed by atoms with Crippen molar-refractivity contribution in [1.29, 1.82) is 0 Å². The average molecular weight is 407 g/mol. The summed E-state index contributed by atoms with van der Waals surface area (Å²) in [7, 11) is 0. The molecule has 1 fully saturated rings. The van der Waals surface area contributed by atoms with Crippen LogP contribution in [0.5, 0.6) is 0 Å². The highest BCUT2D eigenvalue weighted by atomic mass is 19.4. The molecule has 2 heterocycles. The number of anilines is 1. The molecule has 1 N–H and O–H groups in total. The Balaban J connectivity index is 1.53. The van der Waals surface area contributed by atoms with Gasteiger partial charge in [0.25, 0.3) is 5.91 Å². The van der Waals surface area contributed by atoms with Crippen molar-refractivity contribution in [1.82, 2.24) is 19.8 Å². The second-order valence-corrected chi connectivity index (χ2v) is 6.70. The van der Waals surface area contributed by atoms with Gasteiger partial charge in [-0.05, 0) is 19.1 Å². The zero-order valence-corrected chi connectivity index (χ0v) is 15.7. The van der Waals surface area contributed by atoms with Crippen molar-refractivity contribution in [3.63, 3.8) is 0 Å². The van der Waals surface area contributed by atoms with Crippen molar-refractivity contribution in [2.24, 2.45) is 0 Å². The summed E-state index contributed by atoms with van der Waals surface area (Å²) in [5.74, 6) is -0.772. The van der Waals surface area contributed by atoms with Crippen molar-refractivity contribution in [3.8, 4) is 0 Å². The predicted octanol–water partition coefficient (Wildman–Crippen LogP) is 2.20. The van der Waals surface area contributed by atoms with E-state index in [0.717, 1.165) is 6.07 Å². The largest absolute Gasteiger partial charge is 0.418 e. The van der Waals surface area contributed by atoms with Crippen LogP contribution in [0.4, 0.5) is 18.9 Å². The van der Waals surface area contributed by atoms with Gasteiger partial charge in [0.1, 0.15) is 5.69 Å². The molecular formula is C19H20F3N5O2. The normalized spacial score (nSPS) is 15.2. The lowest BCUT2D eigenvalue weighted by molar-refractivity contribution is -0.137. The molecule has 2 aromatic rings. The molecule has 0 spiro atoms. The number of rotatable bonds is 4. The smallest absolute Gasteiger partial charge is 0.335 e. The number of hydrogen-bond acceptors (Lipinski definition) is 5. The standard InChI is InChI=1S/C19H20F3N5O2/c1-13-10-24-16(11-23-13)18(29)27-8-6-26(7-9-27)12-17(28)25-15-5-3-2-4-14(15)19(20,21)22/h2-5,10-11H,6-9,12H2,1H3,(H,25,28). The maximum absolute atomic E-state index is 13.0. The summed E-state index contributed by atoms with van der Waals surface area (Å²) in [6.45, 7) is 3.36. The van der Waals surface area contributed by atoms with E-state index < -0.39 is 17.6 Å². The molecule has 10 heteroatoms. The van der Waals surface area contributed by atoms with Crippen LogP contribution in [0.15, 0.2) is 36.7 Å². The van der Waals surface area contributed by atoms with Crippen LogP contribution in [0.25, 0.3) is 0 Å². The summed E-state index contributed by atoms with van der Waals surface area (Å²) in [5, 5.41) is 2.33. The van der Waals surface area contributed by atoms with Crippen LogP contribution in [0, 0.1) is 6.92 Å². The van der Waals surface area contributed by atoms with Gasteiger partial charge in [-0.25, -0.2) is 4.98 Å². The van der Waals surface area contributed by atoms with Gasteiger partial charge in [0.15, 0.2) is 0 Å². The molecule has 0 bridgehead atoms. The van der Waals surface area contributed by atoms with Crippen LogP contribution in [0.2, 0.25) is 0 Å². The van der Waals surface area contributed by atoms with Crippen LogP contribution in [0.3, 0.4) is 0 Å². The van der Waals surface area contributed by atoms with Crippen molar-refractivity contribution in [2.75, 3.05) is 38.0 Å². The first-order valence-electron chi connectivity index (χ1n) is 9.00. The number of para-hydroxylation sites is 1. The summed E-state index contributed by atoms with van der Waals surface area (Å²) < 4.78 is 39.1. The molecule has 1 aliphatic heterocycles. The lowest BCUT2D eigenvalue weighted by Crippen LogP contribution is -2.50. The van der Waals surface area contributed by atoms with Crippen LogP contribution in [-0.2, 0) is 11.0 Å². The second kappa shape index (κ2) is 8.56. The van der Waals surface area contributed by atoms with Crippen LogP contribution >= 0.6 is 0 Å². The fraction of sp³-hybridized carbons (Fsp3) is 0.368. The van der Waals surface area contributed by atoms with Crippen molar-refractivity contribution in [3.05, 3.63) is 53.6 Å². The molecule has 0 radical (unpaired) electrons. The Morgan fingerprint density at radius 3 is 2.38 bits per heavy atom. The van der Waals surface area contributed by atoms with E-state index in [2.05, 4.69) is 15.3 Å². The van der Waals surface area contributed by atoms with Gasteiger partial charge in [-0.2, -0.15) is 13.2 Å². The van der Waals surface area contributed by atoms with Gasteiger partial charge in [0.2, 0.25) is 5.91 Å². The summed E-state index contributed by atoms with van der Waals surface area (Å²) >= 11 is 0. The van der Waals surface area contributed by atoms with Gasteiger partial charge in [0.05, 0.1) is 29.7 Å². The topological polar surface area (TPSA) is 78.4 Å². The Labute approximate surface area is 165 Å². The third-order valence-corrected chi connectivity index (χ3v) is 4.53. The number of hydrogen-bond donors (Lipinski definition) is 1. The zero-order valence-electron chi connectivity index (χ0n) is 15.7. The molecule has 3 rings (SSSR count). The molecule has 1 saturated heterocycles. The number of alkyl halides is 3. The van der Waals surface area contributed by atoms with E-state index in [4.69, 9.17) is 0 Å². The van der Waals surface area contributed by atoms with Gasteiger partial charge in [-0.3, -0.25) is 19.5 Å². The minimum atomic E-state index is -4.55. The van der Waals surface area contributed by atoms with Gasteiger partial charge in [-0.1, -0.05) is 12.1 Å². The number of aromatic nitrogens is 2. The van der Waals surface area contributed by atoms with E-state index in [-0.39, 0.29) is 23.8 Å². The minimum Gasteiger partial charge on any atom is -0.335 e. The third-order valence-electron chi connectivity index (χ3n) is 4.53. The fourth-order valence-corrected chi connectivity index (χ4v) is 3.01. The Morgan fingerprint density at radius 1 is 1.07 bits per heavy atom. The molecule has 0 aliphatic carbocycles. The number of benzene rings is 1. The Hall–Kier alpha value is -3.01. The van der Waals surface area contributed by atoms with E-state index in [1.807, 2.05) is 0 Å². The lowest BCUT2D eigenvalue weighted by atomic mass is 10.1. The highest BCUT2D eigenvalue weighted by Gasteiger charge is 2.33. The van der Waals surface area contributed by atoms with E-state index in [9.17, 15) is 22.8 Å². The number of nitrogens with one attached hydrogen (secondary N) is 1. The molecule has 0 saturated carbocycles. The molecule has 1 aromatic carbocycles. The predicted molar refractivity (Wildman–Crippen MR) is 99.2 cm³/mol. The SMILES string of the molecule is Cc1cnc(C(=O)N2CCN(CC(=O)Nc3ccccc3C(F)(F)F)CC2)cn1. The maximum Gasteiger partial charge on any atom is 0.418 e. The number of halogens is 3. The first kappa shape index (κ1) is 20.7. The number of nitrogens with zero attached hydrogens (tertiary/aromatic N) is 4. The molecule has 2 amide bonds. The molecule has 0 unspecified atom stereocenters. The number of carbonyl (C=O) groups excluding carboxylic acids is 2.